The van der Waals surface area contributed by atoms with E-state index in [0.29, 0.717) is 23.8 Å². The molecule has 25 heavy (non-hydrogen) atoms. The molecule has 5 nitrogen and oxygen atoms in total. The van der Waals surface area contributed by atoms with Gasteiger partial charge in [-0.25, -0.2) is 13.1 Å². The summed E-state index contributed by atoms with van der Waals surface area (Å²) >= 11 is 7.71. The number of halogens is 1. The summed E-state index contributed by atoms with van der Waals surface area (Å²) in [5.74, 6) is 2.23. The Morgan fingerprint density at radius 2 is 1.80 bits per heavy atom. The number of methoxy groups -OCH3 is 2. The molecule has 0 saturated heterocycles. The zero-order chi connectivity index (χ0) is 18.3. The van der Waals surface area contributed by atoms with E-state index < -0.39 is 10.0 Å². The van der Waals surface area contributed by atoms with Crippen LogP contribution in [0, 0.1) is 0 Å². The van der Waals surface area contributed by atoms with Crippen molar-refractivity contribution < 1.29 is 17.9 Å². The van der Waals surface area contributed by atoms with Gasteiger partial charge in [0.05, 0.1) is 19.1 Å². The van der Waals surface area contributed by atoms with Crippen molar-refractivity contribution in [3.8, 4) is 11.5 Å². The third-order valence-electron chi connectivity index (χ3n) is 3.42. The van der Waals surface area contributed by atoms with Crippen LogP contribution in [0.3, 0.4) is 0 Å². The monoisotopic (exact) mass is 401 g/mol. The maximum absolute atomic E-state index is 12.3. The van der Waals surface area contributed by atoms with Gasteiger partial charge < -0.3 is 9.47 Å². The molecule has 2 rings (SSSR count). The van der Waals surface area contributed by atoms with E-state index in [1.54, 1.807) is 17.8 Å². The molecule has 0 atom stereocenters. The van der Waals surface area contributed by atoms with Gasteiger partial charge in [-0.05, 0) is 23.8 Å². The first-order valence-corrected chi connectivity index (χ1v) is 10.5. The largest absolute Gasteiger partial charge is 0.493 e. The van der Waals surface area contributed by atoms with Crippen LogP contribution in [-0.2, 0) is 15.8 Å². The standard InChI is InChI=1S/C17H20ClNO4S2/c1-22-16-8-7-14(11-17(16)23-2)25(20,21)19-9-10-24-12-13-5-3-4-6-15(13)18/h3-8,11,19H,9-10,12H2,1-2H3. The predicted molar refractivity (Wildman–Crippen MR) is 102 cm³/mol. The summed E-state index contributed by atoms with van der Waals surface area (Å²) in [5, 5.41) is 0.723. The lowest BCUT2D eigenvalue weighted by Crippen LogP contribution is -2.26. The molecule has 1 N–H and O–H groups in total. The molecule has 0 aliphatic carbocycles. The summed E-state index contributed by atoms with van der Waals surface area (Å²) in [6, 6.07) is 12.1. The molecule has 0 amide bonds. The van der Waals surface area contributed by atoms with Crippen molar-refractivity contribution >= 4 is 33.4 Å². The van der Waals surface area contributed by atoms with Gasteiger partial charge in [-0.3, -0.25) is 0 Å². The fourth-order valence-corrected chi connectivity index (χ4v) is 4.43. The normalized spacial score (nSPS) is 11.3. The number of hydrogen-bond acceptors (Lipinski definition) is 5. The Morgan fingerprint density at radius 1 is 1.08 bits per heavy atom. The van der Waals surface area contributed by atoms with Gasteiger partial charge in [-0.1, -0.05) is 29.8 Å². The van der Waals surface area contributed by atoms with Crippen molar-refractivity contribution in [3.05, 3.63) is 53.1 Å². The number of rotatable bonds is 9. The summed E-state index contributed by atoms with van der Waals surface area (Å²) in [5.41, 5.74) is 1.04. The topological polar surface area (TPSA) is 64.6 Å². The third-order valence-corrected chi connectivity index (χ3v) is 6.25. The second-order valence-corrected chi connectivity index (χ2v) is 8.34. The van der Waals surface area contributed by atoms with E-state index in [1.165, 1.54) is 26.4 Å². The van der Waals surface area contributed by atoms with Gasteiger partial charge in [0, 0.05) is 29.1 Å². The van der Waals surface area contributed by atoms with Crippen molar-refractivity contribution in [1.29, 1.82) is 0 Å². The molecule has 0 spiro atoms. The van der Waals surface area contributed by atoms with Crippen LogP contribution in [0.1, 0.15) is 5.56 Å². The fourth-order valence-electron chi connectivity index (χ4n) is 2.11. The van der Waals surface area contributed by atoms with Gasteiger partial charge in [0.15, 0.2) is 11.5 Å². The van der Waals surface area contributed by atoms with Crippen LogP contribution in [0.15, 0.2) is 47.4 Å². The van der Waals surface area contributed by atoms with E-state index >= 15 is 0 Å². The summed E-state index contributed by atoms with van der Waals surface area (Å²) in [7, 11) is -0.630. The maximum Gasteiger partial charge on any atom is 0.240 e. The minimum absolute atomic E-state index is 0.140. The molecule has 0 aromatic heterocycles. The molecule has 2 aromatic rings. The Balaban J connectivity index is 1.88. The zero-order valence-electron chi connectivity index (χ0n) is 14.0. The van der Waals surface area contributed by atoms with Crippen molar-refractivity contribution in [2.24, 2.45) is 0 Å². The van der Waals surface area contributed by atoms with Gasteiger partial charge in [-0.15, -0.1) is 0 Å². The van der Waals surface area contributed by atoms with Crippen molar-refractivity contribution in [2.75, 3.05) is 26.5 Å². The van der Waals surface area contributed by atoms with Gasteiger partial charge in [0.2, 0.25) is 10.0 Å². The molecular formula is C17H20ClNO4S2. The highest BCUT2D eigenvalue weighted by atomic mass is 35.5. The lowest BCUT2D eigenvalue weighted by molar-refractivity contribution is 0.354. The van der Waals surface area contributed by atoms with E-state index in [1.807, 2.05) is 24.3 Å². The van der Waals surface area contributed by atoms with Crippen LogP contribution >= 0.6 is 23.4 Å². The Hall–Kier alpha value is -1.41. The number of sulfonamides is 1. The van der Waals surface area contributed by atoms with Gasteiger partial charge in [0.25, 0.3) is 0 Å². The first-order valence-electron chi connectivity index (χ1n) is 7.51. The minimum atomic E-state index is -3.60. The molecule has 0 saturated carbocycles. The predicted octanol–water partition coefficient (Wildman–Crippen LogP) is 3.57. The molecule has 2 aromatic carbocycles. The van der Waals surface area contributed by atoms with E-state index in [2.05, 4.69) is 4.72 Å². The fraction of sp³-hybridized carbons (Fsp3) is 0.294. The van der Waals surface area contributed by atoms with Crippen molar-refractivity contribution in [1.82, 2.24) is 4.72 Å². The molecule has 0 fully saturated rings. The van der Waals surface area contributed by atoms with Crippen LogP contribution in [0.5, 0.6) is 11.5 Å². The van der Waals surface area contributed by atoms with Crippen molar-refractivity contribution in [3.63, 3.8) is 0 Å². The van der Waals surface area contributed by atoms with E-state index in [0.717, 1.165) is 16.3 Å². The molecule has 136 valence electrons. The summed E-state index contributed by atoms with van der Waals surface area (Å²) < 4.78 is 37.5. The average molecular weight is 402 g/mol. The Labute approximate surface area is 157 Å². The molecule has 0 aliphatic rings. The number of ether oxygens (including phenoxy) is 2. The molecule has 0 radical (unpaired) electrons. The molecular weight excluding hydrogens is 382 g/mol. The lowest BCUT2D eigenvalue weighted by Gasteiger charge is -2.11. The maximum atomic E-state index is 12.3. The van der Waals surface area contributed by atoms with Crippen LogP contribution in [0.2, 0.25) is 5.02 Å². The van der Waals surface area contributed by atoms with Gasteiger partial charge in [0.1, 0.15) is 0 Å². The molecule has 8 heteroatoms. The summed E-state index contributed by atoms with van der Waals surface area (Å²) in [6.07, 6.45) is 0. The molecule has 0 unspecified atom stereocenters. The highest BCUT2D eigenvalue weighted by Crippen LogP contribution is 2.29. The molecule has 0 aliphatic heterocycles. The van der Waals surface area contributed by atoms with Gasteiger partial charge in [-0.2, -0.15) is 11.8 Å². The number of nitrogens with one attached hydrogen (secondary N) is 1. The van der Waals surface area contributed by atoms with Gasteiger partial charge >= 0.3 is 0 Å². The van der Waals surface area contributed by atoms with E-state index in [-0.39, 0.29) is 4.90 Å². The van der Waals surface area contributed by atoms with E-state index in [9.17, 15) is 8.42 Å². The lowest BCUT2D eigenvalue weighted by atomic mass is 10.2. The Kier molecular flexibility index (Phi) is 7.43. The first kappa shape index (κ1) is 19.9. The SMILES string of the molecule is COc1ccc(S(=O)(=O)NCCSCc2ccccc2Cl)cc1OC. The quantitative estimate of drug-likeness (QED) is 0.651. The molecule has 0 heterocycles. The number of hydrogen-bond donors (Lipinski definition) is 1. The average Bonchev–Trinajstić information content (AvgIpc) is 2.62. The Morgan fingerprint density at radius 3 is 2.48 bits per heavy atom. The summed E-state index contributed by atoms with van der Waals surface area (Å²) in [4.78, 5) is 0.140. The molecule has 0 bridgehead atoms. The third kappa shape index (κ3) is 5.54. The Bertz CT molecular complexity index is 812. The minimum Gasteiger partial charge on any atom is -0.493 e. The second kappa shape index (κ2) is 9.33. The smallest absolute Gasteiger partial charge is 0.240 e. The first-order chi connectivity index (χ1) is 12.0. The van der Waals surface area contributed by atoms with Crippen LogP contribution in [-0.4, -0.2) is 34.9 Å². The number of benzene rings is 2. The highest BCUT2D eigenvalue weighted by Gasteiger charge is 2.16. The number of thioether (sulfide) groups is 1. The van der Waals surface area contributed by atoms with E-state index in [4.69, 9.17) is 21.1 Å². The van der Waals surface area contributed by atoms with Crippen LogP contribution in [0.4, 0.5) is 0 Å². The van der Waals surface area contributed by atoms with Crippen molar-refractivity contribution in [2.45, 2.75) is 10.6 Å². The zero-order valence-corrected chi connectivity index (χ0v) is 16.4. The highest BCUT2D eigenvalue weighted by molar-refractivity contribution is 7.98. The van der Waals surface area contributed by atoms with Crippen LogP contribution in [0.25, 0.3) is 0 Å². The summed E-state index contributed by atoms with van der Waals surface area (Å²) in [6.45, 7) is 0.325. The second-order valence-electron chi connectivity index (χ2n) is 5.06. The van der Waals surface area contributed by atoms with Crippen LogP contribution < -0.4 is 14.2 Å².